The van der Waals surface area contributed by atoms with Gasteiger partial charge in [0.1, 0.15) is 5.92 Å². The van der Waals surface area contributed by atoms with E-state index in [4.69, 9.17) is 5.73 Å². The number of benzene rings is 1. The molecule has 0 bridgehead atoms. The number of carbonyl (C=O) groups is 2. The molecule has 1 aromatic heterocycles. The molecule has 1 aliphatic heterocycles. The van der Waals surface area contributed by atoms with E-state index in [1.165, 1.54) is 11.3 Å². The number of aryl methyl sites for hydroxylation is 1. The number of hydrogen-bond donors (Lipinski definition) is 2. The number of carbonyl (C=O) groups excluding carboxylic acids is 2. The van der Waals surface area contributed by atoms with E-state index in [2.05, 4.69) is 5.32 Å². The minimum absolute atomic E-state index is 0.317. The van der Waals surface area contributed by atoms with Crippen LogP contribution in [-0.4, -0.2) is 11.8 Å². The summed E-state index contributed by atoms with van der Waals surface area (Å²) < 4.78 is 0. The van der Waals surface area contributed by atoms with Gasteiger partial charge >= 0.3 is 0 Å². The van der Waals surface area contributed by atoms with Crippen molar-refractivity contribution in [2.24, 2.45) is 11.7 Å². The number of primary amides is 1. The molecule has 2 amide bonds. The topological polar surface area (TPSA) is 72.2 Å². The lowest BCUT2D eigenvalue weighted by Gasteiger charge is -2.27. The van der Waals surface area contributed by atoms with Crippen LogP contribution in [0.4, 0.5) is 0 Å². The van der Waals surface area contributed by atoms with Crippen LogP contribution in [0, 0.1) is 12.8 Å². The third-order valence-corrected chi connectivity index (χ3v) is 4.76. The second kappa shape index (κ2) is 5.77. The van der Waals surface area contributed by atoms with Crippen molar-refractivity contribution in [1.29, 1.82) is 0 Å². The van der Waals surface area contributed by atoms with Crippen LogP contribution in [0.3, 0.4) is 0 Å². The average Bonchev–Trinajstić information content (AvgIpc) is 3.00. The van der Waals surface area contributed by atoms with Crippen molar-refractivity contribution in [3.05, 3.63) is 63.9 Å². The minimum atomic E-state index is -0.868. The maximum Gasteiger partial charge on any atom is 0.237 e. The molecule has 0 radical (unpaired) electrons. The molecule has 3 rings (SSSR count). The summed E-state index contributed by atoms with van der Waals surface area (Å²) >= 11 is 1.52. The Morgan fingerprint density at radius 3 is 2.55 bits per heavy atom. The fourth-order valence-corrected chi connectivity index (χ4v) is 3.46. The molecular formula is C17H16N2O2S. The highest BCUT2D eigenvalue weighted by molar-refractivity contribution is 7.10. The molecule has 3 N–H and O–H groups in total. The van der Waals surface area contributed by atoms with Crippen molar-refractivity contribution in [2.45, 2.75) is 12.8 Å². The number of nitrogens with two attached hydrogens (primary N) is 1. The van der Waals surface area contributed by atoms with Crippen molar-refractivity contribution in [3.8, 4) is 0 Å². The summed E-state index contributed by atoms with van der Waals surface area (Å²) in [6.07, 6.45) is 1.92. The first kappa shape index (κ1) is 14.5. The second-order valence-corrected chi connectivity index (χ2v) is 6.34. The van der Waals surface area contributed by atoms with Crippen molar-refractivity contribution >= 4 is 28.8 Å². The molecule has 5 heteroatoms. The molecule has 1 aromatic carbocycles. The van der Waals surface area contributed by atoms with Gasteiger partial charge in [0, 0.05) is 16.5 Å². The van der Waals surface area contributed by atoms with Gasteiger partial charge in [0.05, 0.1) is 0 Å². The van der Waals surface area contributed by atoms with Crippen molar-refractivity contribution in [2.75, 3.05) is 0 Å². The zero-order chi connectivity index (χ0) is 15.7. The fourth-order valence-electron chi connectivity index (χ4n) is 2.63. The van der Waals surface area contributed by atoms with E-state index in [1.54, 1.807) is 0 Å². The first-order valence-electron chi connectivity index (χ1n) is 6.98. The van der Waals surface area contributed by atoms with E-state index in [0.717, 1.165) is 21.7 Å². The number of rotatable bonds is 3. The molecule has 0 saturated carbocycles. The van der Waals surface area contributed by atoms with Crippen LogP contribution in [-0.2, 0) is 9.59 Å². The van der Waals surface area contributed by atoms with Gasteiger partial charge in [-0.2, -0.15) is 0 Å². The third kappa shape index (κ3) is 2.67. The molecule has 112 valence electrons. The summed E-state index contributed by atoms with van der Waals surface area (Å²) in [5.74, 6) is -2.13. The normalized spacial score (nSPS) is 21.1. The lowest BCUT2D eigenvalue weighted by atomic mass is 9.85. The Hall–Kier alpha value is -2.40. The van der Waals surface area contributed by atoms with E-state index in [1.807, 2.05) is 54.8 Å². The SMILES string of the molecule is Cc1ccc(C2=CC(c3cccs3)C(C(N)=O)C(=O)N2)cc1. The molecule has 2 unspecified atom stereocenters. The Morgan fingerprint density at radius 1 is 1.23 bits per heavy atom. The molecule has 0 fully saturated rings. The van der Waals surface area contributed by atoms with E-state index >= 15 is 0 Å². The molecule has 1 aliphatic rings. The summed E-state index contributed by atoms with van der Waals surface area (Å²) in [4.78, 5) is 25.0. The highest BCUT2D eigenvalue weighted by Gasteiger charge is 2.37. The van der Waals surface area contributed by atoms with E-state index in [9.17, 15) is 9.59 Å². The molecule has 0 aliphatic carbocycles. The van der Waals surface area contributed by atoms with Crippen molar-refractivity contribution < 1.29 is 9.59 Å². The smallest absolute Gasteiger partial charge is 0.237 e. The van der Waals surface area contributed by atoms with Crippen molar-refractivity contribution in [3.63, 3.8) is 0 Å². The monoisotopic (exact) mass is 312 g/mol. The Morgan fingerprint density at radius 2 is 1.95 bits per heavy atom. The lowest BCUT2D eigenvalue weighted by molar-refractivity contribution is -0.133. The van der Waals surface area contributed by atoms with Gasteiger partial charge in [0.15, 0.2) is 0 Å². The first-order valence-corrected chi connectivity index (χ1v) is 7.86. The fraction of sp³-hybridized carbons (Fsp3) is 0.176. The number of nitrogens with one attached hydrogen (secondary N) is 1. The molecule has 0 saturated heterocycles. The van der Waals surface area contributed by atoms with Crippen LogP contribution in [0.15, 0.2) is 47.9 Å². The number of thiophene rings is 1. The van der Waals surface area contributed by atoms with Gasteiger partial charge in [-0.3, -0.25) is 9.59 Å². The predicted molar refractivity (Wildman–Crippen MR) is 87.0 cm³/mol. The summed E-state index contributed by atoms with van der Waals surface area (Å²) in [6, 6.07) is 11.7. The van der Waals surface area contributed by atoms with Crippen LogP contribution in [0.25, 0.3) is 5.70 Å². The van der Waals surface area contributed by atoms with Crippen LogP contribution >= 0.6 is 11.3 Å². The Kier molecular flexibility index (Phi) is 3.81. The van der Waals surface area contributed by atoms with Gasteiger partial charge in [-0.15, -0.1) is 11.3 Å². The van der Waals surface area contributed by atoms with Gasteiger partial charge in [-0.1, -0.05) is 42.0 Å². The highest BCUT2D eigenvalue weighted by Crippen LogP contribution is 2.35. The van der Waals surface area contributed by atoms with Crippen LogP contribution in [0.1, 0.15) is 21.9 Å². The zero-order valence-corrected chi connectivity index (χ0v) is 12.9. The third-order valence-electron chi connectivity index (χ3n) is 3.79. The molecule has 0 spiro atoms. The minimum Gasteiger partial charge on any atom is -0.369 e. The maximum absolute atomic E-state index is 12.3. The van der Waals surface area contributed by atoms with Gasteiger partial charge in [0.25, 0.3) is 0 Å². The molecule has 22 heavy (non-hydrogen) atoms. The summed E-state index contributed by atoms with van der Waals surface area (Å²) in [5.41, 5.74) is 8.23. The van der Waals surface area contributed by atoms with Gasteiger partial charge in [0.2, 0.25) is 11.8 Å². The summed E-state index contributed by atoms with van der Waals surface area (Å²) in [7, 11) is 0. The quantitative estimate of drug-likeness (QED) is 0.854. The zero-order valence-electron chi connectivity index (χ0n) is 12.1. The lowest BCUT2D eigenvalue weighted by Crippen LogP contribution is -2.44. The first-order chi connectivity index (χ1) is 10.6. The van der Waals surface area contributed by atoms with Crippen LogP contribution < -0.4 is 11.1 Å². The van der Waals surface area contributed by atoms with Gasteiger partial charge in [-0.05, 0) is 23.9 Å². The molecule has 2 atom stereocenters. The Balaban J connectivity index is 2.05. The standard InChI is InChI=1S/C17H16N2O2S/c1-10-4-6-11(7-5-10)13-9-12(14-3-2-8-22-14)15(16(18)20)17(21)19-13/h2-9,12,15H,1H3,(H2,18,20)(H,19,21). The number of amides is 2. The van der Waals surface area contributed by atoms with E-state index < -0.39 is 11.8 Å². The molecule has 2 aromatic rings. The van der Waals surface area contributed by atoms with Gasteiger partial charge in [-0.25, -0.2) is 0 Å². The average molecular weight is 312 g/mol. The van der Waals surface area contributed by atoms with E-state index in [-0.39, 0.29) is 11.8 Å². The maximum atomic E-state index is 12.3. The molecular weight excluding hydrogens is 296 g/mol. The highest BCUT2D eigenvalue weighted by atomic mass is 32.1. The number of allylic oxidation sites excluding steroid dienone is 1. The van der Waals surface area contributed by atoms with Crippen LogP contribution in [0.5, 0.6) is 0 Å². The predicted octanol–water partition coefficient (Wildman–Crippen LogP) is 2.41. The molecule has 2 heterocycles. The summed E-state index contributed by atoms with van der Waals surface area (Å²) in [5, 5.41) is 4.73. The Labute approximate surface area is 132 Å². The number of hydrogen-bond acceptors (Lipinski definition) is 3. The Bertz CT molecular complexity index is 733. The van der Waals surface area contributed by atoms with Crippen molar-refractivity contribution in [1.82, 2.24) is 5.32 Å². The molecule has 4 nitrogen and oxygen atoms in total. The van der Waals surface area contributed by atoms with Crippen LogP contribution in [0.2, 0.25) is 0 Å². The van der Waals surface area contributed by atoms with E-state index in [0.29, 0.717) is 0 Å². The second-order valence-electron chi connectivity index (χ2n) is 5.36. The summed E-state index contributed by atoms with van der Waals surface area (Å²) in [6.45, 7) is 2.01. The van der Waals surface area contributed by atoms with Gasteiger partial charge < -0.3 is 11.1 Å². The largest absolute Gasteiger partial charge is 0.369 e.